The highest BCUT2D eigenvalue weighted by Crippen LogP contribution is 2.51. The van der Waals surface area contributed by atoms with Gasteiger partial charge in [-0.2, -0.15) is 26.3 Å². The maximum Gasteiger partial charge on any atom is 0.530 e. The highest BCUT2D eigenvalue weighted by atomic mass is 31.2. The van der Waals surface area contributed by atoms with Crippen molar-refractivity contribution in [1.29, 1.82) is 0 Å². The van der Waals surface area contributed by atoms with Crippen molar-refractivity contribution in [2.24, 2.45) is 0 Å². The van der Waals surface area contributed by atoms with Gasteiger partial charge in [0, 0.05) is 0 Å². The van der Waals surface area contributed by atoms with Gasteiger partial charge in [-0.05, 0) is 0 Å². The molecule has 0 atom stereocenters. The van der Waals surface area contributed by atoms with Crippen LogP contribution in [-0.2, 0) is 18.1 Å². The second-order valence-corrected chi connectivity index (χ2v) is 4.12. The van der Waals surface area contributed by atoms with E-state index >= 15 is 0 Å². The van der Waals surface area contributed by atoms with Crippen molar-refractivity contribution in [2.75, 3.05) is 13.2 Å². The molecule has 4 nitrogen and oxygen atoms in total. The highest BCUT2D eigenvalue weighted by Gasteiger charge is 2.39. The van der Waals surface area contributed by atoms with E-state index in [1.54, 1.807) is 0 Å². The van der Waals surface area contributed by atoms with Gasteiger partial charge in [0.05, 0.1) is 6.26 Å². The van der Waals surface area contributed by atoms with Crippen LogP contribution in [0.4, 0.5) is 26.3 Å². The molecular weight excluding hydrogens is 281 g/mol. The molecule has 102 valence electrons. The average molecular weight is 288 g/mol. The van der Waals surface area contributed by atoms with Gasteiger partial charge in [-0.25, -0.2) is 4.57 Å². The smallest absolute Gasteiger partial charge is 0.413 e. The Labute approximate surface area is 91.8 Å². The van der Waals surface area contributed by atoms with E-state index in [4.69, 9.17) is 0 Å². The molecule has 11 heteroatoms. The molecule has 0 radical (unpaired) electrons. The molecule has 0 bridgehead atoms. The van der Waals surface area contributed by atoms with E-state index in [1.807, 2.05) is 0 Å². The Morgan fingerprint density at radius 2 is 1.35 bits per heavy atom. The van der Waals surface area contributed by atoms with Gasteiger partial charge < -0.3 is 4.52 Å². The maximum absolute atomic E-state index is 11.7. The van der Waals surface area contributed by atoms with Gasteiger partial charge in [0.2, 0.25) is 0 Å². The summed E-state index contributed by atoms with van der Waals surface area (Å²) < 4.78 is 92.5. The minimum Gasteiger partial charge on any atom is -0.413 e. The van der Waals surface area contributed by atoms with Crippen molar-refractivity contribution < 1.29 is 44.5 Å². The van der Waals surface area contributed by atoms with Crippen LogP contribution in [0.25, 0.3) is 0 Å². The third-order valence-corrected chi connectivity index (χ3v) is 2.27. The van der Waals surface area contributed by atoms with E-state index in [2.05, 4.69) is 20.2 Å². The van der Waals surface area contributed by atoms with Crippen molar-refractivity contribution in [1.82, 2.24) is 0 Å². The van der Waals surface area contributed by atoms with Crippen molar-refractivity contribution in [3.63, 3.8) is 0 Å². The lowest BCUT2D eigenvalue weighted by Crippen LogP contribution is -2.20. The molecule has 0 heterocycles. The summed E-state index contributed by atoms with van der Waals surface area (Å²) in [5.74, 6) is 0. The zero-order valence-corrected chi connectivity index (χ0v) is 8.94. The SMILES string of the molecule is C=COP(=O)(OCC(F)(F)F)OCC(F)(F)F. The number of phosphoric acid groups is 1. The number of rotatable bonds is 6. The molecule has 0 aliphatic heterocycles. The third-order valence-electron chi connectivity index (χ3n) is 0.976. The van der Waals surface area contributed by atoms with Crippen molar-refractivity contribution in [2.45, 2.75) is 12.4 Å². The summed E-state index contributed by atoms with van der Waals surface area (Å²) in [6, 6.07) is 0. The first-order valence-corrected chi connectivity index (χ1v) is 5.25. The van der Waals surface area contributed by atoms with E-state index in [-0.39, 0.29) is 0 Å². The van der Waals surface area contributed by atoms with Crippen LogP contribution < -0.4 is 0 Å². The lowest BCUT2D eigenvalue weighted by molar-refractivity contribution is -0.169. The summed E-state index contributed by atoms with van der Waals surface area (Å²) >= 11 is 0. The molecule has 0 unspecified atom stereocenters. The quantitative estimate of drug-likeness (QED) is 0.427. The van der Waals surface area contributed by atoms with Gasteiger partial charge in [0.25, 0.3) is 0 Å². The van der Waals surface area contributed by atoms with Gasteiger partial charge in [0.15, 0.2) is 13.2 Å². The fraction of sp³-hybridized carbons (Fsp3) is 0.667. The predicted molar refractivity (Wildman–Crippen MR) is 42.9 cm³/mol. The standard InChI is InChI=1S/C6H7F6O4P/c1-2-14-17(13,15-3-5(7,8)9)16-4-6(10,11)12/h2H,1,3-4H2. The second-order valence-electron chi connectivity index (χ2n) is 2.50. The number of alkyl halides is 6. The Bertz CT molecular complexity index is 276. The van der Waals surface area contributed by atoms with Crippen molar-refractivity contribution >= 4 is 7.82 Å². The first kappa shape index (κ1) is 16.3. The molecule has 0 aliphatic rings. The topological polar surface area (TPSA) is 44.8 Å². The van der Waals surface area contributed by atoms with Gasteiger partial charge in [0.1, 0.15) is 0 Å². The van der Waals surface area contributed by atoms with Crippen LogP contribution in [-0.4, -0.2) is 25.6 Å². The molecular formula is C6H7F6O4P. The Balaban J connectivity index is 4.46. The average Bonchev–Trinajstić information content (AvgIpc) is 2.11. The molecule has 0 aliphatic carbocycles. The minimum absolute atomic E-state index is 0.355. The normalized spacial score (nSPS) is 13.5. The van der Waals surface area contributed by atoms with Crippen LogP contribution in [0.2, 0.25) is 0 Å². The van der Waals surface area contributed by atoms with Gasteiger partial charge in [-0.1, -0.05) is 6.58 Å². The van der Waals surface area contributed by atoms with Crippen molar-refractivity contribution in [3.05, 3.63) is 12.8 Å². The summed E-state index contributed by atoms with van der Waals surface area (Å²) in [7, 11) is -4.97. The van der Waals surface area contributed by atoms with E-state index in [1.165, 1.54) is 0 Å². The molecule has 0 fully saturated rings. The molecule has 0 saturated heterocycles. The predicted octanol–water partition coefficient (Wildman–Crippen LogP) is 3.41. The fourth-order valence-electron chi connectivity index (χ4n) is 0.494. The Hall–Kier alpha value is -0.730. The molecule has 0 aromatic heterocycles. The molecule has 0 rings (SSSR count). The van der Waals surface area contributed by atoms with Gasteiger partial charge in [-0.15, -0.1) is 0 Å². The Kier molecular flexibility index (Phi) is 5.50. The number of hydrogen-bond acceptors (Lipinski definition) is 4. The summed E-state index contributed by atoms with van der Waals surface area (Å²) in [4.78, 5) is 0. The maximum atomic E-state index is 11.7. The number of halogens is 6. The Morgan fingerprint density at radius 1 is 1.00 bits per heavy atom. The largest absolute Gasteiger partial charge is 0.530 e. The first-order chi connectivity index (χ1) is 7.47. The molecule has 0 aromatic carbocycles. The highest BCUT2D eigenvalue weighted by molar-refractivity contribution is 7.48. The third kappa shape index (κ3) is 9.02. The van der Waals surface area contributed by atoms with Crippen LogP contribution >= 0.6 is 7.82 Å². The first-order valence-electron chi connectivity index (χ1n) is 3.79. The monoisotopic (exact) mass is 288 g/mol. The van der Waals surface area contributed by atoms with Crippen LogP contribution in [0.5, 0.6) is 0 Å². The summed E-state index contributed by atoms with van der Waals surface area (Å²) in [5.41, 5.74) is 0. The number of phosphoric ester groups is 1. The van der Waals surface area contributed by atoms with Crippen LogP contribution in [0.3, 0.4) is 0 Å². The zero-order valence-electron chi connectivity index (χ0n) is 8.05. The fourth-order valence-corrected chi connectivity index (χ4v) is 1.48. The molecule has 17 heavy (non-hydrogen) atoms. The van der Waals surface area contributed by atoms with E-state index in [9.17, 15) is 30.9 Å². The summed E-state index contributed by atoms with van der Waals surface area (Å²) in [6.07, 6.45) is -9.42. The van der Waals surface area contributed by atoms with Crippen molar-refractivity contribution in [3.8, 4) is 0 Å². The lowest BCUT2D eigenvalue weighted by atomic mass is 10.7. The van der Waals surface area contributed by atoms with E-state index in [0.29, 0.717) is 6.26 Å². The molecule has 0 N–H and O–H groups in total. The summed E-state index contributed by atoms with van der Waals surface area (Å²) in [5, 5.41) is 0. The minimum atomic E-state index is -4.97. The van der Waals surface area contributed by atoms with E-state index in [0.717, 1.165) is 0 Å². The van der Waals surface area contributed by atoms with E-state index < -0.39 is 33.4 Å². The van der Waals surface area contributed by atoms with Crippen LogP contribution in [0.15, 0.2) is 12.8 Å². The number of hydrogen-bond donors (Lipinski definition) is 0. The van der Waals surface area contributed by atoms with Gasteiger partial charge in [-0.3, -0.25) is 9.05 Å². The van der Waals surface area contributed by atoms with Crippen LogP contribution in [0, 0.1) is 0 Å². The molecule has 0 amide bonds. The molecule has 0 aromatic rings. The molecule has 0 spiro atoms. The summed E-state index contributed by atoms with van der Waals surface area (Å²) in [6.45, 7) is -1.33. The second kappa shape index (κ2) is 5.74. The van der Waals surface area contributed by atoms with Gasteiger partial charge >= 0.3 is 20.2 Å². The molecule has 0 saturated carbocycles. The van der Waals surface area contributed by atoms with Crippen LogP contribution in [0.1, 0.15) is 0 Å². The Morgan fingerprint density at radius 3 is 1.59 bits per heavy atom. The zero-order chi connectivity index (χ0) is 13.7. The lowest BCUT2D eigenvalue weighted by Gasteiger charge is -2.17.